The highest BCUT2D eigenvalue weighted by Gasteiger charge is 2.34. The molecule has 1 aromatic rings. The molecule has 2 heterocycles. The largest absolute Gasteiger partial charge is 0.444 e. The van der Waals surface area contributed by atoms with Gasteiger partial charge in [0.25, 0.3) is 0 Å². The van der Waals surface area contributed by atoms with Gasteiger partial charge in [-0.15, -0.1) is 0 Å². The Labute approximate surface area is 138 Å². The molecule has 6 heteroatoms. The van der Waals surface area contributed by atoms with Crippen LogP contribution in [0, 0.1) is 0 Å². The van der Waals surface area contributed by atoms with E-state index in [2.05, 4.69) is 11.9 Å². The Kier molecular flexibility index (Phi) is 5.34. The minimum absolute atomic E-state index is 0.177. The summed E-state index contributed by atoms with van der Waals surface area (Å²) in [6.07, 6.45) is 5.97. The zero-order valence-electron chi connectivity index (χ0n) is 15.0. The van der Waals surface area contributed by atoms with Crippen LogP contribution in [-0.4, -0.2) is 51.4 Å². The van der Waals surface area contributed by atoms with Crippen molar-refractivity contribution in [1.29, 1.82) is 0 Å². The van der Waals surface area contributed by atoms with Crippen molar-refractivity contribution in [1.82, 2.24) is 14.5 Å². The van der Waals surface area contributed by atoms with E-state index in [1.54, 1.807) is 11.1 Å². The summed E-state index contributed by atoms with van der Waals surface area (Å²) < 4.78 is 13.5. The first kappa shape index (κ1) is 17.8. The van der Waals surface area contributed by atoms with Crippen LogP contribution in [0.2, 0.25) is 0 Å². The van der Waals surface area contributed by atoms with Crippen LogP contribution in [0.4, 0.5) is 4.79 Å². The summed E-state index contributed by atoms with van der Waals surface area (Å²) in [5.41, 5.74) is -0.625. The number of nitrogens with zero attached hydrogens (tertiary/aromatic N) is 3. The van der Waals surface area contributed by atoms with Crippen molar-refractivity contribution >= 4 is 6.09 Å². The zero-order valence-corrected chi connectivity index (χ0v) is 15.0. The predicted octanol–water partition coefficient (Wildman–Crippen LogP) is 2.77. The van der Waals surface area contributed by atoms with Gasteiger partial charge in [-0.2, -0.15) is 0 Å². The van der Waals surface area contributed by atoms with Crippen LogP contribution in [0.5, 0.6) is 0 Å². The number of imidazole rings is 1. The molecule has 1 fully saturated rings. The van der Waals surface area contributed by atoms with E-state index in [1.807, 2.05) is 38.6 Å². The van der Waals surface area contributed by atoms with Crippen LogP contribution in [0.15, 0.2) is 12.4 Å². The Hall–Kier alpha value is -1.56. The summed E-state index contributed by atoms with van der Waals surface area (Å²) in [5, 5.41) is 0. The first-order chi connectivity index (χ1) is 10.7. The zero-order chi connectivity index (χ0) is 17.1. The molecule has 0 atom stereocenters. The molecule has 0 aromatic carbocycles. The van der Waals surface area contributed by atoms with Crippen molar-refractivity contribution in [2.24, 2.45) is 7.05 Å². The third-order valence-corrected chi connectivity index (χ3v) is 4.17. The summed E-state index contributed by atoms with van der Waals surface area (Å²) in [7, 11) is 1.99. The molecule has 0 aliphatic carbocycles. The van der Waals surface area contributed by atoms with Gasteiger partial charge in [-0.25, -0.2) is 9.78 Å². The number of hydrogen-bond donors (Lipinski definition) is 0. The van der Waals surface area contributed by atoms with E-state index in [9.17, 15) is 4.79 Å². The first-order valence-corrected chi connectivity index (χ1v) is 8.27. The Bertz CT molecular complexity index is 525. The van der Waals surface area contributed by atoms with Gasteiger partial charge in [0.1, 0.15) is 11.4 Å². The molecule has 130 valence electrons. The first-order valence-electron chi connectivity index (χ1n) is 8.27. The van der Waals surface area contributed by atoms with E-state index in [1.165, 1.54) is 0 Å². The standard InChI is InChI=1S/C17H29N3O3/c1-16(2,3)23-15(21)20-10-7-17(4,8-11-20)22-13-6-14-18-9-12-19(14)5/h9,12H,6-8,10-11,13H2,1-5H3. The van der Waals surface area contributed by atoms with Crippen molar-refractivity contribution in [3.8, 4) is 0 Å². The number of hydrogen-bond acceptors (Lipinski definition) is 4. The molecular formula is C17H29N3O3. The molecule has 1 saturated heterocycles. The Morgan fingerprint density at radius 1 is 1.35 bits per heavy atom. The number of carbonyl (C=O) groups excluding carboxylic acids is 1. The number of carbonyl (C=O) groups is 1. The molecule has 6 nitrogen and oxygen atoms in total. The van der Waals surface area contributed by atoms with Crippen LogP contribution >= 0.6 is 0 Å². The molecule has 1 aliphatic rings. The van der Waals surface area contributed by atoms with Gasteiger partial charge in [0.15, 0.2) is 0 Å². The minimum Gasteiger partial charge on any atom is -0.444 e. The predicted molar refractivity (Wildman–Crippen MR) is 88.3 cm³/mol. The van der Waals surface area contributed by atoms with Crippen molar-refractivity contribution in [2.75, 3.05) is 19.7 Å². The topological polar surface area (TPSA) is 56.6 Å². The van der Waals surface area contributed by atoms with E-state index in [0.717, 1.165) is 25.1 Å². The third-order valence-electron chi connectivity index (χ3n) is 4.17. The SMILES string of the molecule is Cn1ccnc1CCOC1(C)CCN(C(=O)OC(C)(C)C)CC1. The molecule has 1 amide bonds. The third kappa shape index (κ3) is 5.23. The average Bonchev–Trinajstić information content (AvgIpc) is 2.83. The van der Waals surface area contributed by atoms with Gasteiger partial charge in [0, 0.05) is 39.0 Å². The number of amides is 1. The Balaban J connectivity index is 1.76. The molecular weight excluding hydrogens is 294 g/mol. The van der Waals surface area contributed by atoms with Gasteiger partial charge < -0.3 is 18.9 Å². The van der Waals surface area contributed by atoms with E-state index in [-0.39, 0.29) is 11.7 Å². The lowest BCUT2D eigenvalue weighted by Crippen LogP contribution is -2.48. The summed E-state index contributed by atoms with van der Waals surface area (Å²) in [6.45, 7) is 9.78. The van der Waals surface area contributed by atoms with Crippen LogP contribution in [-0.2, 0) is 22.9 Å². The fourth-order valence-electron chi connectivity index (χ4n) is 2.66. The summed E-state index contributed by atoms with van der Waals surface area (Å²) in [4.78, 5) is 18.2. The van der Waals surface area contributed by atoms with Crippen molar-refractivity contribution < 1.29 is 14.3 Å². The van der Waals surface area contributed by atoms with E-state index in [0.29, 0.717) is 19.7 Å². The molecule has 0 spiro atoms. The number of likely N-dealkylation sites (tertiary alicyclic amines) is 1. The molecule has 0 radical (unpaired) electrons. The minimum atomic E-state index is -0.448. The smallest absolute Gasteiger partial charge is 0.410 e. The van der Waals surface area contributed by atoms with E-state index >= 15 is 0 Å². The number of ether oxygens (including phenoxy) is 2. The fourth-order valence-corrected chi connectivity index (χ4v) is 2.66. The monoisotopic (exact) mass is 323 g/mol. The maximum absolute atomic E-state index is 12.1. The van der Waals surface area contributed by atoms with E-state index < -0.39 is 5.60 Å². The highest BCUT2D eigenvalue weighted by molar-refractivity contribution is 5.68. The molecule has 2 rings (SSSR count). The van der Waals surface area contributed by atoms with Crippen molar-refractivity contribution in [2.45, 2.75) is 58.2 Å². The van der Waals surface area contributed by atoms with Crippen LogP contribution < -0.4 is 0 Å². The number of piperidine rings is 1. The maximum atomic E-state index is 12.1. The summed E-state index contributed by atoms with van der Waals surface area (Å²) in [5.74, 6) is 1.03. The number of aryl methyl sites for hydroxylation is 1. The second-order valence-corrected chi connectivity index (χ2v) is 7.47. The second kappa shape index (κ2) is 6.91. The van der Waals surface area contributed by atoms with Crippen LogP contribution in [0.25, 0.3) is 0 Å². The quantitative estimate of drug-likeness (QED) is 0.855. The second-order valence-electron chi connectivity index (χ2n) is 7.47. The van der Waals surface area contributed by atoms with Gasteiger partial charge >= 0.3 is 6.09 Å². The van der Waals surface area contributed by atoms with E-state index in [4.69, 9.17) is 9.47 Å². The highest BCUT2D eigenvalue weighted by Crippen LogP contribution is 2.27. The lowest BCUT2D eigenvalue weighted by molar-refractivity contribution is -0.0717. The van der Waals surface area contributed by atoms with Gasteiger partial charge in [0.2, 0.25) is 0 Å². The van der Waals surface area contributed by atoms with Gasteiger partial charge in [-0.05, 0) is 40.5 Å². The fraction of sp³-hybridized carbons (Fsp3) is 0.765. The molecule has 1 aliphatic heterocycles. The summed E-state index contributed by atoms with van der Waals surface area (Å²) in [6, 6.07) is 0. The number of aromatic nitrogens is 2. The lowest BCUT2D eigenvalue weighted by Gasteiger charge is -2.39. The van der Waals surface area contributed by atoms with Gasteiger partial charge in [-0.3, -0.25) is 0 Å². The van der Waals surface area contributed by atoms with Crippen LogP contribution in [0.1, 0.15) is 46.4 Å². The molecule has 0 saturated carbocycles. The molecule has 0 bridgehead atoms. The Morgan fingerprint density at radius 3 is 2.52 bits per heavy atom. The molecule has 1 aromatic heterocycles. The maximum Gasteiger partial charge on any atom is 0.410 e. The summed E-state index contributed by atoms with van der Waals surface area (Å²) >= 11 is 0. The normalized spacial score (nSPS) is 18.0. The Morgan fingerprint density at radius 2 is 2.00 bits per heavy atom. The molecule has 0 N–H and O–H groups in total. The average molecular weight is 323 g/mol. The van der Waals surface area contributed by atoms with Gasteiger partial charge in [0.05, 0.1) is 12.2 Å². The van der Waals surface area contributed by atoms with Crippen LogP contribution in [0.3, 0.4) is 0 Å². The lowest BCUT2D eigenvalue weighted by atomic mass is 9.93. The molecule has 23 heavy (non-hydrogen) atoms. The van der Waals surface area contributed by atoms with Crippen molar-refractivity contribution in [3.63, 3.8) is 0 Å². The van der Waals surface area contributed by atoms with Crippen molar-refractivity contribution in [3.05, 3.63) is 18.2 Å². The highest BCUT2D eigenvalue weighted by atomic mass is 16.6. The number of rotatable bonds is 4. The molecule has 0 unspecified atom stereocenters. The van der Waals surface area contributed by atoms with Gasteiger partial charge in [-0.1, -0.05) is 0 Å².